The molecule has 2 aliphatic rings. The van der Waals surface area contributed by atoms with Gasteiger partial charge in [0.15, 0.2) is 0 Å². The Hall–Kier alpha value is -2.08. The van der Waals surface area contributed by atoms with E-state index in [0.29, 0.717) is 0 Å². The van der Waals surface area contributed by atoms with E-state index in [0.717, 1.165) is 24.3 Å². The molecule has 0 aliphatic heterocycles. The third-order valence-electron chi connectivity index (χ3n) is 5.53. The van der Waals surface area contributed by atoms with Crippen molar-refractivity contribution in [3.05, 3.63) is 95.4 Å². The number of ether oxygens (including phenoxy) is 2. The van der Waals surface area contributed by atoms with Crippen LogP contribution in [0.3, 0.4) is 0 Å². The number of phenolic OH excluding ortho intramolecular Hbond substituents is 2. The zero-order chi connectivity index (χ0) is 32.2. The Labute approximate surface area is 283 Å². The van der Waals surface area contributed by atoms with E-state index in [1.54, 1.807) is 48.5 Å². The number of phenols is 2. The molecule has 234 valence electrons. The standard InChI is InChI=1S/2C10H14O2.2C8H13Si.Zr/c2*1-10(2,3)12-9-6-4-8(11)5-7-9;2*1-9(2,3)8-6-4-5-7-8;/h2*4-7,11H,1-3H3;2*4,6H,5H2,1-3H3;/q;;2*-1;+2. The third kappa shape index (κ3) is 19.7. The smallest absolute Gasteiger partial charge is 0.508 e. The molecule has 0 radical (unpaired) electrons. The van der Waals surface area contributed by atoms with Gasteiger partial charge in [-0.1, -0.05) is 39.3 Å². The number of hydrogen-bond donors (Lipinski definition) is 2. The Morgan fingerprint density at radius 2 is 0.837 bits per heavy atom. The third-order valence-corrected chi connectivity index (χ3v) is 9.45. The van der Waals surface area contributed by atoms with Crippen molar-refractivity contribution in [1.82, 2.24) is 0 Å². The maximum atomic E-state index is 9.00. The normalized spacial score (nSPS) is 14.0. The van der Waals surface area contributed by atoms with Gasteiger partial charge in [0.25, 0.3) is 0 Å². The van der Waals surface area contributed by atoms with E-state index in [1.165, 1.54) is 10.4 Å². The van der Waals surface area contributed by atoms with Gasteiger partial charge in [0, 0.05) is 16.1 Å². The van der Waals surface area contributed by atoms with Crippen LogP contribution in [-0.2, 0) is 26.2 Å². The fourth-order valence-corrected chi connectivity index (χ4v) is 6.08. The quantitative estimate of drug-likeness (QED) is 0.247. The maximum absolute atomic E-state index is 9.00. The predicted molar refractivity (Wildman–Crippen MR) is 185 cm³/mol. The van der Waals surface area contributed by atoms with E-state index >= 15 is 0 Å². The Bertz CT molecular complexity index is 1100. The molecule has 0 atom stereocenters. The molecule has 0 heterocycles. The summed E-state index contributed by atoms with van der Waals surface area (Å²) in [4.78, 5) is 0. The fraction of sp³-hybridized carbons (Fsp3) is 0.444. The monoisotopic (exact) mass is 696 g/mol. The van der Waals surface area contributed by atoms with Gasteiger partial charge in [0.05, 0.1) is 0 Å². The minimum Gasteiger partial charge on any atom is -0.508 e. The first-order valence-corrected chi connectivity index (χ1v) is 21.7. The largest absolute Gasteiger partial charge is 2.00 e. The van der Waals surface area contributed by atoms with E-state index in [-0.39, 0.29) is 48.9 Å². The van der Waals surface area contributed by atoms with Gasteiger partial charge in [-0.05, 0) is 90.1 Å². The predicted octanol–water partition coefficient (Wildman–Crippen LogP) is 10.2. The molecular formula is C36H54O4Si2Zr. The van der Waals surface area contributed by atoms with E-state index in [9.17, 15) is 0 Å². The second-order valence-electron chi connectivity index (χ2n) is 14.3. The molecule has 0 amide bonds. The van der Waals surface area contributed by atoms with Gasteiger partial charge < -0.3 is 19.7 Å². The van der Waals surface area contributed by atoms with E-state index < -0.39 is 16.1 Å². The van der Waals surface area contributed by atoms with Crippen LogP contribution in [0.5, 0.6) is 23.0 Å². The number of rotatable bonds is 4. The first-order chi connectivity index (χ1) is 19.2. The zero-order valence-electron chi connectivity index (χ0n) is 28.6. The van der Waals surface area contributed by atoms with Crippen LogP contribution in [0, 0.1) is 12.2 Å². The minimum atomic E-state index is -1.01. The molecule has 2 N–H and O–H groups in total. The summed E-state index contributed by atoms with van der Waals surface area (Å²) in [6, 6.07) is 13.5. The van der Waals surface area contributed by atoms with E-state index in [4.69, 9.17) is 19.7 Å². The van der Waals surface area contributed by atoms with Gasteiger partial charge in [-0.2, -0.15) is 12.2 Å². The molecule has 0 spiro atoms. The Kier molecular flexibility index (Phi) is 17.1. The molecule has 43 heavy (non-hydrogen) atoms. The van der Waals surface area contributed by atoms with Crippen LogP contribution in [-0.4, -0.2) is 37.6 Å². The summed E-state index contributed by atoms with van der Waals surface area (Å²) in [6.07, 6.45) is 17.6. The molecule has 0 saturated carbocycles. The van der Waals surface area contributed by atoms with Gasteiger partial charge in [-0.25, -0.2) is 22.5 Å². The van der Waals surface area contributed by atoms with Crippen LogP contribution in [0.2, 0.25) is 39.3 Å². The summed E-state index contributed by atoms with van der Waals surface area (Å²) in [5, 5.41) is 21.0. The van der Waals surface area contributed by atoms with E-state index in [2.05, 4.69) is 75.7 Å². The van der Waals surface area contributed by atoms with Crippen molar-refractivity contribution in [2.45, 2.75) is 105 Å². The molecule has 7 heteroatoms. The fourth-order valence-electron chi connectivity index (χ4n) is 3.57. The van der Waals surface area contributed by atoms with Crippen molar-refractivity contribution in [1.29, 1.82) is 0 Å². The van der Waals surface area contributed by atoms with Crippen LogP contribution in [0.4, 0.5) is 0 Å². The second kappa shape index (κ2) is 18.0. The molecule has 2 aromatic carbocycles. The van der Waals surface area contributed by atoms with Gasteiger partial charge >= 0.3 is 26.2 Å². The van der Waals surface area contributed by atoms with Crippen LogP contribution in [0.25, 0.3) is 0 Å². The summed E-state index contributed by atoms with van der Waals surface area (Å²) in [7, 11) is -2.01. The van der Waals surface area contributed by atoms with E-state index in [1.807, 2.05) is 41.5 Å². The van der Waals surface area contributed by atoms with Crippen LogP contribution < -0.4 is 9.47 Å². The number of allylic oxidation sites excluding steroid dienone is 8. The van der Waals surface area contributed by atoms with Crippen molar-refractivity contribution in [3.63, 3.8) is 0 Å². The van der Waals surface area contributed by atoms with Gasteiger partial charge in [0.2, 0.25) is 0 Å². The first kappa shape index (κ1) is 40.9. The zero-order valence-corrected chi connectivity index (χ0v) is 33.0. The average Bonchev–Trinajstić information content (AvgIpc) is 3.56. The van der Waals surface area contributed by atoms with Crippen LogP contribution in [0.15, 0.2) is 83.2 Å². The summed E-state index contributed by atoms with van der Waals surface area (Å²) < 4.78 is 11.1. The number of aromatic hydroxyl groups is 2. The summed E-state index contributed by atoms with van der Waals surface area (Å²) in [6.45, 7) is 26.0. The molecule has 0 fully saturated rings. The van der Waals surface area contributed by atoms with Crippen molar-refractivity contribution in [2.24, 2.45) is 0 Å². The molecule has 4 nitrogen and oxygen atoms in total. The molecular weight excluding hydrogens is 644 g/mol. The molecule has 0 saturated heterocycles. The van der Waals surface area contributed by atoms with Crippen LogP contribution in [0.1, 0.15) is 54.4 Å². The molecule has 4 rings (SSSR count). The van der Waals surface area contributed by atoms with Crippen molar-refractivity contribution in [2.75, 3.05) is 0 Å². The maximum Gasteiger partial charge on any atom is 2.00 e. The van der Waals surface area contributed by atoms with Crippen molar-refractivity contribution < 1.29 is 45.9 Å². The Morgan fingerprint density at radius 3 is 1.00 bits per heavy atom. The van der Waals surface area contributed by atoms with Gasteiger partial charge in [0.1, 0.15) is 34.2 Å². The second-order valence-corrected chi connectivity index (χ2v) is 24.4. The minimum absolute atomic E-state index is 0. The summed E-state index contributed by atoms with van der Waals surface area (Å²) in [5.74, 6) is 2.08. The molecule has 0 aromatic heterocycles. The SMILES string of the molecule is CC(C)(C)Oc1ccc(O)cc1.CC(C)(C)Oc1ccc(O)cc1.C[Si](C)(C)C1=[C-]CC=C1.C[Si](C)(C)C1=[C-]CC=C1.[Zr+2]. The topological polar surface area (TPSA) is 58.9 Å². The van der Waals surface area contributed by atoms with Gasteiger partial charge in [-0.15, -0.1) is 12.8 Å². The molecule has 2 aliphatic carbocycles. The van der Waals surface area contributed by atoms with Crippen LogP contribution >= 0.6 is 0 Å². The van der Waals surface area contributed by atoms with Crippen molar-refractivity contribution >= 4 is 16.1 Å². The molecule has 0 bridgehead atoms. The molecule has 0 unspecified atom stereocenters. The summed E-state index contributed by atoms with van der Waals surface area (Å²) in [5.41, 5.74) is -0.367. The molecule has 2 aromatic rings. The Morgan fingerprint density at radius 1 is 0.558 bits per heavy atom. The number of benzene rings is 2. The number of hydrogen-bond acceptors (Lipinski definition) is 4. The first-order valence-electron chi connectivity index (χ1n) is 14.7. The summed E-state index contributed by atoms with van der Waals surface area (Å²) >= 11 is 0. The van der Waals surface area contributed by atoms with Crippen molar-refractivity contribution in [3.8, 4) is 23.0 Å². The average molecular weight is 698 g/mol. The Balaban J connectivity index is 0.000000548. The van der Waals surface area contributed by atoms with Gasteiger partial charge in [-0.3, -0.25) is 12.2 Å².